The molecule has 1 heterocycles. The van der Waals surface area contributed by atoms with E-state index in [9.17, 15) is 13.6 Å². The first kappa shape index (κ1) is 12.4. The number of hydrogen-bond donors (Lipinski definition) is 0. The maximum absolute atomic E-state index is 12.3. The van der Waals surface area contributed by atoms with Gasteiger partial charge in [0.2, 0.25) is 12.3 Å². The standard InChI is InChI=1S/C10H18F2N2O/c1-13(2)7-9(15)14-5-3-8(4-6-14)10(11)12/h8,10H,3-7H2,1-2H3. The molecule has 1 rings (SSSR count). The summed E-state index contributed by atoms with van der Waals surface area (Å²) in [5, 5.41) is 0. The predicted molar refractivity (Wildman–Crippen MR) is 53.9 cm³/mol. The third-order valence-electron chi connectivity index (χ3n) is 2.70. The van der Waals surface area contributed by atoms with Crippen LogP contribution in [0.5, 0.6) is 0 Å². The summed E-state index contributed by atoms with van der Waals surface area (Å²) >= 11 is 0. The number of halogens is 2. The SMILES string of the molecule is CN(C)CC(=O)N1CCC(C(F)F)CC1. The Morgan fingerprint density at radius 2 is 1.93 bits per heavy atom. The molecule has 0 N–H and O–H groups in total. The molecule has 0 aromatic heterocycles. The average molecular weight is 220 g/mol. The first-order valence-corrected chi connectivity index (χ1v) is 5.21. The third kappa shape index (κ3) is 3.74. The summed E-state index contributed by atoms with van der Waals surface area (Å²) < 4.78 is 24.7. The molecule has 3 nitrogen and oxygen atoms in total. The third-order valence-corrected chi connectivity index (χ3v) is 2.70. The molecule has 5 heteroatoms. The first-order chi connectivity index (χ1) is 7.00. The number of piperidine rings is 1. The van der Waals surface area contributed by atoms with Crippen molar-refractivity contribution < 1.29 is 13.6 Å². The monoisotopic (exact) mass is 220 g/mol. The van der Waals surface area contributed by atoms with Crippen LogP contribution in [0.25, 0.3) is 0 Å². The van der Waals surface area contributed by atoms with Crippen LogP contribution < -0.4 is 0 Å². The van der Waals surface area contributed by atoms with Crippen molar-refractivity contribution in [1.82, 2.24) is 9.80 Å². The number of hydrogen-bond acceptors (Lipinski definition) is 2. The molecule has 0 aliphatic carbocycles. The largest absolute Gasteiger partial charge is 0.342 e. The topological polar surface area (TPSA) is 23.6 Å². The van der Waals surface area contributed by atoms with E-state index >= 15 is 0 Å². The van der Waals surface area contributed by atoms with Crippen LogP contribution in [0.15, 0.2) is 0 Å². The van der Waals surface area contributed by atoms with Gasteiger partial charge in [0, 0.05) is 19.0 Å². The number of alkyl halides is 2. The summed E-state index contributed by atoms with van der Waals surface area (Å²) in [5.74, 6) is -0.485. The van der Waals surface area contributed by atoms with E-state index < -0.39 is 12.3 Å². The van der Waals surface area contributed by atoms with Crippen LogP contribution in [0.4, 0.5) is 8.78 Å². The molecule has 15 heavy (non-hydrogen) atoms. The Bertz CT molecular complexity index is 213. The Balaban J connectivity index is 2.34. The number of amides is 1. The van der Waals surface area contributed by atoms with Gasteiger partial charge in [0.1, 0.15) is 0 Å². The smallest absolute Gasteiger partial charge is 0.241 e. The lowest BCUT2D eigenvalue weighted by Gasteiger charge is -2.32. The van der Waals surface area contributed by atoms with E-state index in [-0.39, 0.29) is 5.91 Å². The van der Waals surface area contributed by atoms with Crippen LogP contribution in [0, 0.1) is 5.92 Å². The summed E-state index contributed by atoms with van der Waals surface area (Å²) in [5.41, 5.74) is 0. The normalized spacial score (nSPS) is 18.9. The van der Waals surface area contributed by atoms with Crippen LogP contribution >= 0.6 is 0 Å². The minimum absolute atomic E-state index is 0.0349. The quantitative estimate of drug-likeness (QED) is 0.710. The molecule has 0 aromatic carbocycles. The Morgan fingerprint density at radius 3 is 2.33 bits per heavy atom. The molecule has 88 valence electrons. The van der Waals surface area contributed by atoms with E-state index in [1.807, 2.05) is 14.1 Å². The van der Waals surface area contributed by atoms with Gasteiger partial charge >= 0.3 is 0 Å². The summed E-state index contributed by atoms with van der Waals surface area (Å²) in [6.45, 7) is 1.31. The highest BCUT2D eigenvalue weighted by Gasteiger charge is 2.28. The summed E-state index contributed by atoms with van der Waals surface area (Å²) in [4.78, 5) is 15.1. The minimum Gasteiger partial charge on any atom is -0.342 e. The number of likely N-dealkylation sites (tertiary alicyclic amines) is 1. The lowest BCUT2D eigenvalue weighted by Crippen LogP contribution is -2.43. The maximum Gasteiger partial charge on any atom is 0.241 e. The van der Waals surface area contributed by atoms with Gasteiger partial charge in [0.05, 0.1) is 6.54 Å². The fourth-order valence-electron chi connectivity index (χ4n) is 1.77. The summed E-state index contributed by atoms with van der Waals surface area (Å²) in [6.07, 6.45) is -1.38. The van der Waals surface area contributed by atoms with Crippen molar-refractivity contribution in [3.63, 3.8) is 0 Å². The van der Waals surface area contributed by atoms with Crippen molar-refractivity contribution in [2.24, 2.45) is 5.92 Å². The van der Waals surface area contributed by atoms with Crippen LogP contribution in [0.1, 0.15) is 12.8 Å². The fraction of sp³-hybridized carbons (Fsp3) is 0.900. The average Bonchev–Trinajstić information content (AvgIpc) is 2.17. The highest BCUT2D eigenvalue weighted by molar-refractivity contribution is 5.78. The number of likely N-dealkylation sites (N-methyl/N-ethyl adjacent to an activating group) is 1. The minimum atomic E-state index is -2.24. The van der Waals surface area contributed by atoms with Crippen LogP contribution in [0.3, 0.4) is 0 Å². The lowest BCUT2D eigenvalue weighted by molar-refractivity contribution is -0.134. The first-order valence-electron chi connectivity index (χ1n) is 5.21. The Labute approximate surface area is 89.0 Å². The van der Waals surface area contributed by atoms with Gasteiger partial charge in [-0.15, -0.1) is 0 Å². The number of rotatable bonds is 3. The second-order valence-electron chi connectivity index (χ2n) is 4.29. The van der Waals surface area contributed by atoms with Crippen LogP contribution in [-0.2, 0) is 4.79 Å². The highest BCUT2D eigenvalue weighted by Crippen LogP contribution is 2.23. The van der Waals surface area contributed by atoms with Gasteiger partial charge in [-0.3, -0.25) is 4.79 Å². The molecule has 0 bridgehead atoms. The van der Waals surface area contributed by atoms with Crippen molar-refractivity contribution in [2.75, 3.05) is 33.7 Å². The zero-order valence-corrected chi connectivity index (χ0v) is 9.25. The lowest BCUT2D eigenvalue weighted by atomic mass is 9.97. The Hall–Kier alpha value is -0.710. The Kier molecular flexibility index (Phi) is 4.45. The van der Waals surface area contributed by atoms with Crippen molar-refractivity contribution in [2.45, 2.75) is 19.3 Å². The van der Waals surface area contributed by atoms with Gasteiger partial charge in [-0.25, -0.2) is 8.78 Å². The molecule has 1 saturated heterocycles. The predicted octanol–water partition coefficient (Wildman–Crippen LogP) is 1.05. The number of carbonyl (C=O) groups is 1. The second kappa shape index (κ2) is 5.39. The molecular weight excluding hydrogens is 202 g/mol. The van der Waals surface area contributed by atoms with Gasteiger partial charge < -0.3 is 9.80 Å². The number of nitrogens with zero attached hydrogens (tertiary/aromatic N) is 2. The van der Waals surface area contributed by atoms with E-state index in [2.05, 4.69) is 0 Å². The van der Waals surface area contributed by atoms with Crippen molar-refractivity contribution in [3.05, 3.63) is 0 Å². The van der Waals surface area contributed by atoms with Crippen LogP contribution in [-0.4, -0.2) is 55.9 Å². The maximum atomic E-state index is 12.3. The van der Waals surface area contributed by atoms with E-state index in [0.29, 0.717) is 32.5 Å². The second-order valence-corrected chi connectivity index (χ2v) is 4.29. The van der Waals surface area contributed by atoms with Crippen molar-refractivity contribution >= 4 is 5.91 Å². The van der Waals surface area contributed by atoms with Gasteiger partial charge in [0.25, 0.3) is 0 Å². The molecule has 0 aromatic rings. The van der Waals surface area contributed by atoms with Crippen molar-refractivity contribution in [1.29, 1.82) is 0 Å². The molecule has 1 fully saturated rings. The molecular formula is C10H18F2N2O. The Morgan fingerprint density at radius 1 is 1.40 bits per heavy atom. The van der Waals surface area contributed by atoms with E-state index in [1.54, 1.807) is 9.80 Å². The molecule has 0 atom stereocenters. The molecule has 1 amide bonds. The van der Waals surface area contributed by atoms with E-state index in [0.717, 1.165) is 0 Å². The molecule has 0 spiro atoms. The van der Waals surface area contributed by atoms with E-state index in [4.69, 9.17) is 0 Å². The fourth-order valence-corrected chi connectivity index (χ4v) is 1.77. The molecule has 0 saturated carbocycles. The van der Waals surface area contributed by atoms with Gasteiger partial charge in [-0.2, -0.15) is 0 Å². The van der Waals surface area contributed by atoms with Crippen molar-refractivity contribution in [3.8, 4) is 0 Å². The summed E-state index contributed by atoms with van der Waals surface area (Å²) in [6, 6.07) is 0. The van der Waals surface area contributed by atoms with Gasteiger partial charge in [0.15, 0.2) is 0 Å². The zero-order chi connectivity index (χ0) is 11.4. The molecule has 0 radical (unpaired) electrons. The molecule has 1 aliphatic rings. The summed E-state index contributed by atoms with van der Waals surface area (Å²) in [7, 11) is 3.65. The van der Waals surface area contributed by atoms with Gasteiger partial charge in [-0.05, 0) is 26.9 Å². The molecule has 0 unspecified atom stereocenters. The zero-order valence-electron chi connectivity index (χ0n) is 9.25. The molecule has 1 aliphatic heterocycles. The van der Waals surface area contributed by atoms with E-state index in [1.165, 1.54) is 0 Å². The number of carbonyl (C=O) groups excluding carboxylic acids is 1. The highest BCUT2D eigenvalue weighted by atomic mass is 19.3. The van der Waals surface area contributed by atoms with Crippen LogP contribution in [0.2, 0.25) is 0 Å². The van der Waals surface area contributed by atoms with Gasteiger partial charge in [-0.1, -0.05) is 0 Å².